The summed E-state index contributed by atoms with van der Waals surface area (Å²) in [6, 6.07) is 5.39. The van der Waals surface area contributed by atoms with E-state index in [1.807, 2.05) is 6.20 Å². The van der Waals surface area contributed by atoms with Gasteiger partial charge in [0, 0.05) is 31.7 Å². The molecule has 2 aliphatic heterocycles. The molecular formula is C19H30N4O. The fourth-order valence-corrected chi connectivity index (χ4v) is 4.51. The van der Waals surface area contributed by atoms with E-state index in [2.05, 4.69) is 27.7 Å². The number of hydrogen-bond acceptors (Lipinski definition) is 5. The minimum absolute atomic E-state index is 0.492. The predicted molar refractivity (Wildman–Crippen MR) is 97.7 cm³/mol. The molecule has 0 aromatic carbocycles. The highest BCUT2D eigenvalue weighted by Crippen LogP contribution is 2.32. The van der Waals surface area contributed by atoms with E-state index in [0.29, 0.717) is 18.0 Å². The van der Waals surface area contributed by atoms with Gasteiger partial charge in [0.1, 0.15) is 5.82 Å². The highest BCUT2D eigenvalue weighted by Gasteiger charge is 2.34. The van der Waals surface area contributed by atoms with Gasteiger partial charge in [0.05, 0.1) is 25.1 Å². The van der Waals surface area contributed by atoms with Gasteiger partial charge in [-0.3, -0.25) is 0 Å². The Morgan fingerprint density at radius 3 is 2.79 bits per heavy atom. The molecule has 0 bridgehead atoms. The molecule has 2 saturated heterocycles. The van der Waals surface area contributed by atoms with Crippen molar-refractivity contribution in [2.45, 2.75) is 50.6 Å². The molecule has 3 fully saturated rings. The van der Waals surface area contributed by atoms with Crippen LogP contribution in [0.5, 0.6) is 0 Å². The Labute approximate surface area is 145 Å². The molecule has 0 spiro atoms. The fourth-order valence-electron chi connectivity index (χ4n) is 4.51. The summed E-state index contributed by atoms with van der Waals surface area (Å²) in [6.07, 6.45) is 9.83. The van der Waals surface area contributed by atoms with Crippen LogP contribution in [-0.4, -0.2) is 49.9 Å². The average molecular weight is 330 g/mol. The standard InChI is InChI=1S/C19H30N4O/c1-2-10-23(11-3-1)15-7-8-19(21-13-15)22-17-6-4-5-16(17)18-14-24-12-9-20-18/h7-8,13,16-18,20H,1-6,9-12,14H2,(H,21,22). The molecule has 1 aliphatic carbocycles. The predicted octanol–water partition coefficient (Wildman–Crippen LogP) is 2.64. The first-order valence-corrected chi connectivity index (χ1v) is 9.69. The number of morpholine rings is 1. The number of hydrogen-bond donors (Lipinski definition) is 2. The Bertz CT molecular complexity index is 509. The van der Waals surface area contributed by atoms with Gasteiger partial charge in [-0.15, -0.1) is 0 Å². The van der Waals surface area contributed by atoms with Crippen molar-refractivity contribution >= 4 is 11.5 Å². The number of aromatic nitrogens is 1. The number of rotatable bonds is 4. The fraction of sp³-hybridized carbons (Fsp3) is 0.737. The molecule has 3 aliphatic rings. The monoisotopic (exact) mass is 330 g/mol. The van der Waals surface area contributed by atoms with Gasteiger partial charge >= 0.3 is 0 Å². The second kappa shape index (κ2) is 7.70. The molecule has 3 heterocycles. The van der Waals surface area contributed by atoms with Crippen molar-refractivity contribution in [1.82, 2.24) is 10.3 Å². The van der Waals surface area contributed by atoms with Crippen LogP contribution in [0.15, 0.2) is 18.3 Å². The zero-order valence-electron chi connectivity index (χ0n) is 14.5. The molecule has 1 aromatic heterocycles. The third-order valence-electron chi connectivity index (χ3n) is 5.84. The van der Waals surface area contributed by atoms with Gasteiger partial charge in [-0.05, 0) is 50.2 Å². The smallest absolute Gasteiger partial charge is 0.126 e. The zero-order chi connectivity index (χ0) is 16.2. The molecule has 3 atom stereocenters. The quantitative estimate of drug-likeness (QED) is 0.889. The lowest BCUT2D eigenvalue weighted by Crippen LogP contribution is -2.49. The molecule has 1 saturated carbocycles. The maximum atomic E-state index is 5.66. The number of nitrogens with one attached hydrogen (secondary N) is 2. The number of ether oxygens (including phenoxy) is 1. The molecule has 24 heavy (non-hydrogen) atoms. The average Bonchev–Trinajstić information content (AvgIpc) is 3.12. The molecule has 1 aromatic rings. The van der Waals surface area contributed by atoms with Gasteiger partial charge in [0.15, 0.2) is 0 Å². The van der Waals surface area contributed by atoms with E-state index in [-0.39, 0.29) is 0 Å². The first kappa shape index (κ1) is 16.2. The lowest BCUT2D eigenvalue weighted by atomic mass is 9.94. The summed E-state index contributed by atoms with van der Waals surface area (Å²) in [7, 11) is 0. The van der Waals surface area contributed by atoms with Crippen molar-refractivity contribution in [2.75, 3.05) is 43.1 Å². The maximum absolute atomic E-state index is 5.66. The van der Waals surface area contributed by atoms with Gasteiger partial charge in [-0.1, -0.05) is 6.42 Å². The van der Waals surface area contributed by atoms with Gasteiger partial charge in [-0.2, -0.15) is 0 Å². The lowest BCUT2D eigenvalue weighted by Gasteiger charge is -2.33. The van der Waals surface area contributed by atoms with E-state index in [0.717, 1.165) is 25.6 Å². The van der Waals surface area contributed by atoms with E-state index < -0.39 is 0 Å². The van der Waals surface area contributed by atoms with Crippen LogP contribution in [0.2, 0.25) is 0 Å². The van der Waals surface area contributed by atoms with Gasteiger partial charge in [0.2, 0.25) is 0 Å². The Hall–Kier alpha value is -1.33. The minimum Gasteiger partial charge on any atom is -0.379 e. The molecule has 5 nitrogen and oxygen atoms in total. The van der Waals surface area contributed by atoms with Crippen molar-refractivity contribution in [2.24, 2.45) is 5.92 Å². The normalized spacial score (nSPS) is 31.2. The van der Waals surface area contributed by atoms with E-state index >= 15 is 0 Å². The summed E-state index contributed by atoms with van der Waals surface area (Å²) in [6.45, 7) is 5.03. The molecule has 0 amide bonds. The number of nitrogens with zero attached hydrogens (tertiary/aromatic N) is 2. The van der Waals surface area contributed by atoms with E-state index in [1.54, 1.807) is 0 Å². The largest absolute Gasteiger partial charge is 0.379 e. The van der Waals surface area contributed by atoms with E-state index in [4.69, 9.17) is 9.72 Å². The Balaban J connectivity index is 1.37. The molecule has 5 heteroatoms. The Morgan fingerprint density at radius 1 is 1.12 bits per heavy atom. The highest BCUT2D eigenvalue weighted by molar-refractivity contribution is 5.50. The maximum Gasteiger partial charge on any atom is 0.126 e. The molecule has 2 N–H and O–H groups in total. The molecule has 132 valence electrons. The van der Waals surface area contributed by atoms with E-state index in [9.17, 15) is 0 Å². The van der Waals surface area contributed by atoms with Crippen molar-refractivity contribution in [3.05, 3.63) is 18.3 Å². The topological polar surface area (TPSA) is 49.4 Å². The third-order valence-corrected chi connectivity index (χ3v) is 5.84. The highest BCUT2D eigenvalue weighted by atomic mass is 16.5. The Kier molecular flexibility index (Phi) is 5.18. The van der Waals surface area contributed by atoms with Crippen LogP contribution in [-0.2, 0) is 4.74 Å². The summed E-state index contributed by atoms with van der Waals surface area (Å²) >= 11 is 0. The second-order valence-electron chi connectivity index (χ2n) is 7.43. The number of pyridine rings is 1. The summed E-state index contributed by atoms with van der Waals surface area (Å²) in [4.78, 5) is 7.15. The summed E-state index contributed by atoms with van der Waals surface area (Å²) in [5.74, 6) is 1.67. The third kappa shape index (κ3) is 3.67. The summed E-state index contributed by atoms with van der Waals surface area (Å²) in [5.41, 5.74) is 1.27. The van der Waals surface area contributed by atoms with Crippen LogP contribution in [0.3, 0.4) is 0 Å². The van der Waals surface area contributed by atoms with Crippen molar-refractivity contribution in [3.8, 4) is 0 Å². The van der Waals surface area contributed by atoms with Crippen LogP contribution >= 0.6 is 0 Å². The van der Waals surface area contributed by atoms with Gasteiger partial charge in [-0.25, -0.2) is 4.98 Å². The molecule has 4 rings (SSSR count). The number of piperidine rings is 1. The van der Waals surface area contributed by atoms with Crippen molar-refractivity contribution in [1.29, 1.82) is 0 Å². The molecule has 0 radical (unpaired) electrons. The zero-order valence-corrected chi connectivity index (χ0v) is 14.5. The van der Waals surface area contributed by atoms with Crippen LogP contribution in [0.25, 0.3) is 0 Å². The van der Waals surface area contributed by atoms with Crippen LogP contribution in [0.1, 0.15) is 38.5 Å². The first-order chi connectivity index (χ1) is 11.9. The van der Waals surface area contributed by atoms with E-state index in [1.165, 1.54) is 57.3 Å². The van der Waals surface area contributed by atoms with Gasteiger partial charge in [0.25, 0.3) is 0 Å². The van der Waals surface area contributed by atoms with Crippen molar-refractivity contribution in [3.63, 3.8) is 0 Å². The first-order valence-electron chi connectivity index (χ1n) is 9.69. The summed E-state index contributed by atoms with van der Waals surface area (Å²) in [5, 5.41) is 7.33. The van der Waals surface area contributed by atoms with Crippen LogP contribution in [0, 0.1) is 5.92 Å². The second-order valence-corrected chi connectivity index (χ2v) is 7.43. The minimum atomic E-state index is 0.492. The SMILES string of the molecule is c1cc(NC2CCCC2C2COCCN2)ncc1N1CCCCC1. The number of anilines is 2. The van der Waals surface area contributed by atoms with Gasteiger partial charge < -0.3 is 20.3 Å². The lowest BCUT2D eigenvalue weighted by molar-refractivity contribution is 0.0559. The van der Waals surface area contributed by atoms with Crippen LogP contribution in [0.4, 0.5) is 11.5 Å². The van der Waals surface area contributed by atoms with Crippen LogP contribution < -0.4 is 15.5 Å². The molecule has 3 unspecified atom stereocenters. The molecular weight excluding hydrogens is 300 g/mol. The summed E-state index contributed by atoms with van der Waals surface area (Å²) < 4.78 is 5.66. The Morgan fingerprint density at radius 2 is 2.04 bits per heavy atom. The van der Waals surface area contributed by atoms with Crippen molar-refractivity contribution < 1.29 is 4.74 Å².